The summed E-state index contributed by atoms with van der Waals surface area (Å²) in [4.78, 5) is 10.8. The Morgan fingerprint density at radius 1 is 1.00 bits per heavy atom. The number of hydrogen-bond acceptors (Lipinski definition) is 3. The molecular weight excluding hydrogens is 246 g/mol. The van der Waals surface area contributed by atoms with Crippen LogP contribution in [0.4, 0.5) is 5.69 Å². The van der Waals surface area contributed by atoms with Crippen LogP contribution in [-0.2, 0) is 0 Å². The van der Waals surface area contributed by atoms with E-state index in [1.807, 2.05) is 52.2 Å². The minimum absolute atomic E-state index is 0.522. The summed E-state index contributed by atoms with van der Waals surface area (Å²) >= 11 is 6.09. The molecule has 0 atom stereocenters. The third-order valence-corrected chi connectivity index (χ3v) is 3.34. The van der Waals surface area contributed by atoms with Gasteiger partial charge in [0.05, 0.1) is 0 Å². The van der Waals surface area contributed by atoms with E-state index in [-0.39, 0.29) is 0 Å². The van der Waals surface area contributed by atoms with E-state index in [2.05, 4.69) is 14.9 Å². The molecule has 0 spiro atoms. The van der Waals surface area contributed by atoms with Gasteiger partial charge < -0.3 is 4.90 Å². The average Bonchev–Trinajstić information content (AvgIpc) is 2.35. The highest BCUT2D eigenvalue weighted by atomic mass is 35.5. The minimum Gasteiger partial charge on any atom is -0.378 e. The van der Waals surface area contributed by atoms with Crippen LogP contribution in [-0.4, -0.2) is 24.1 Å². The van der Waals surface area contributed by atoms with Gasteiger partial charge in [-0.2, -0.15) is 0 Å². The molecule has 3 nitrogen and oxygen atoms in total. The molecule has 1 aromatic carbocycles. The fraction of sp³-hybridized carbons (Fsp3) is 0.286. The Balaban J connectivity index is 2.43. The average molecular weight is 262 g/mol. The Hall–Kier alpha value is -1.61. The Kier molecular flexibility index (Phi) is 3.53. The van der Waals surface area contributed by atoms with Gasteiger partial charge in [-0.05, 0) is 38.1 Å². The van der Waals surface area contributed by atoms with Crippen molar-refractivity contribution in [3.8, 4) is 11.4 Å². The second-order valence-electron chi connectivity index (χ2n) is 4.49. The van der Waals surface area contributed by atoms with Gasteiger partial charge in [0.25, 0.3) is 0 Å². The summed E-state index contributed by atoms with van der Waals surface area (Å²) in [7, 11) is 4.02. The van der Waals surface area contributed by atoms with Crippen LogP contribution in [0.3, 0.4) is 0 Å². The zero-order valence-corrected chi connectivity index (χ0v) is 11.8. The lowest BCUT2D eigenvalue weighted by Crippen LogP contribution is -2.08. The van der Waals surface area contributed by atoms with Crippen LogP contribution in [0.1, 0.15) is 11.3 Å². The SMILES string of the molecule is Cc1nc(-c2ccc(N(C)C)cc2)nc(Cl)c1C. The predicted octanol–water partition coefficient (Wildman–Crippen LogP) is 3.48. The predicted molar refractivity (Wildman–Crippen MR) is 76.3 cm³/mol. The van der Waals surface area contributed by atoms with Crippen LogP contribution in [0.5, 0.6) is 0 Å². The van der Waals surface area contributed by atoms with Crippen LogP contribution in [0.25, 0.3) is 11.4 Å². The van der Waals surface area contributed by atoms with E-state index in [0.717, 1.165) is 22.5 Å². The highest BCUT2D eigenvalue weighted by Gasteiger charge is 2.08. The van der Waals surface area contributed by atoms with E-state index >= 15 is 0 Å². The highest BCUT2D eigenvalue weighted by Crippen LogP contribution is 2.23. The first-order valence-corrected chi connectivity index (χ1v) is 6.15. The molecule has 0 bridgehead atoms. The van der Waals surface area contributed by atoms with Crippen molar-refractivity contribution < 1.29 is 0 Å². The van der Waals surface area contributed by atoms with Crippen molar-refractivity contribution in [2.24, 2.45) is 0 Å². The number of nitrogens with zero attached hydrogens (tertiary/aromatic N) is 3. The second-order valence-corrected chi connectivity index (χ2v) is 4.85. The lowest BCUT2D eigenvalue weighted by Gasteiger charge is -2.12. The molecule has 0 aliphatic carbocycles. The van der Waals surface area contributed by atoms with Crippen LogP contribution < -0.4 is 4.90 Å². The number of halogens is 1. The van der Waals surface area contributed by atoms with E-state index in [9.17, 15) is 0 Å². The Morgan fingerprint density at radius 3 is 2.11 bits per heavy atom. The van der Waals surface area contributed by atoms with Gasteiger partial charge in [-0.25, -0.2) is 9.97 Å². The van der Waals surface area contributed by atoms with Gasteiger partial charge in [-0.1, -0.05) is 11.6 Å². The third-order valence-electron chi connectivity index (χ3n) is 2.97. The summed E-state index contributed by atoms with van der Waals surface area (Å²) in [5.74, 6) is 0.674. The first-order valence-electron chi connectivity index (χ1n) is 5.77. The Bertz CT molecular complexity index is 539. The van der Waals surface area contributed by atoms with E-state index in [4.69, 9.17) is 11.6 Å². The van der Waals surface area contributed by atoms with Crippen LogP contribution in [0.15, 0.2) is 24.3 Å². The molecule has 0 aliphatic heterocycles. The summed E-state index contributed by atoms with van der Waals surface area (Å²) in [6.45, 7) is 3.87. The molecule has 0 N–H and O–H groups in total. The van der Waals surface area contributed by atoms with Gasteiger partial charge in [-0.15, -0.1) is 0 Å². The fourth-order valence-corrected chi connectivity index (χ4v) is 1.85. The molecule has 0 saturated carbocycles. The van der Waals surface area contributed by atoms with Crippen molar-refractivity contribution in [3.63, 3.8) is 0 Å². The zero-order valence-electron chi connectivity index (χ0n) is 11.0. The van der Waals surface area contributed by atoms with E-state index in [1.165, 1.54) is 0 Å². The van der Waals surface area contributed by atoms with Crippen molar-refractivity contribution >= 4 is 17.3 Å². The molecule has 2 aromatic rings. The maximum Gasteiger partial charge on any atom is 0.161 e. The highest BCUT2D eigenvalue weighted by molar-refractivity contribution is 6.30. The minimum atomic E-state index is 0.522. The van der Waals surface area contributed by atoms with Gasteiger partial charge in [0, 0.05) is 36.6 Å². The van der Waals surface area contributed by atoms with Crippen LogP contribution >= 0.6 is 11.6 Å². The van der Waals surface area contributed by atoms with Crippen molar-refractivity contribution in [2.75, 3.05) is 19.0 Å². The Morgan fingerprint density at radius 2 is 1.61 bits per heavy atom. The molecule has 0 saturated heterocycles. The first-order chi connectivity index (χ1) is 8.49. The molecule has 94 valence electrons. The largest absolute Gasteiger partial charge is 0.378 e. The molecule has 0 fully saturated rings. The van der Waals surface area contributed by atoms with Gasteiger partial charge >= 0.3 is 0 Å². The molecule has 0 unspecified atom stereocenters. The molecule has 0 radical (unpaired) electrons. The number of benzene rings is 1. The lowest BCUT2D eigenvalue weighted by molar-refractivity contribution is 1.07. The topological polar surface area (TPSA) is 29.0 Å². The molecular formula is C14H16ClN3. The molecule has 1 aromatic heterocycles. The van der Waals surface area contributed by atoms with E-state index < -0.39 is 0 Å². The van der Waals surface area contributed by atoms with Crippen molar-refractivity contribution in [1.82, 2.24) is 9.97 Å². The van der Waals surface area contributed by atoms with E-state index in [1.54, 1.807) is 0 Å². The standard InChI is InChI=1S/C14H16ClN3/c1-9-10(2)16-14(17-13(9)15)11-5-7-12(8-6-11)18(3)4/h5-8H,1-4H3. The van der Waals surface area contributed by atoms with Gasteiger partial charge in [0.1, 0.15) is 5.15 Å². The Labute approximate surface area is 112 Å². The van der Waals surface area contributed by atoms with Gasteiger partial charge in [0.2, 0.25) is 0 Å². The molecule has 2 rings (SSSR count). The monoisotopic (exact) mass is 261 g/mol. The smallest absolute Gasteiger partial charge is 0.161 e. The summed E-state index contributed by atoms with van der Waals surface area (Å²) in [6.07, 6.45) is 0. The van der Waals surface area contributed by atoms with Crippen molar-refractivity contribution in [3.05, 3.63) is 40.7 Å². The molecule has 4 heteroatoms. The molecule has 0 amide bonds. The lowest BCUT2D eigenvalue weighted by atomic mass is 10.1. The summed E-state index contributed by atoms with van der Waals surface area (Å²) < 4.78 is 0. The van der Waals surface area contributed by atoms with Crippen LogP contribution in [0, 0.1) is 13.8 Å². The first kappa shape index (κ1) is 12.8. The molecule has 18 heavy (non-hydrogen) atoms. The summed E-state index contributed by atoms with van der Waals surface area (Å²) in [5, 5.41) is 0.522. The molecule has 0 aliphatic rings. The third kappa shape index (κ3) is 2.46. The second kappa shape index (κ2) is 4.94. The summed E-state index contributed by atoms with van der Waals surface area (Å²) in [6, 6.07) is 8.11. The zero-order chi connectivity index (χ0) is 13.3. The number of rotatable bonds is 2. The van der Waals surface area contributed by atoms with Crippen LogP contribution in [0.2, 0.25) is 5.15 Å². The van der Waals surface area contributed by atoms with Gasteiger partial charge in [0.15, 0.2) is 5.82 Å². The molecule has 1 heterocycles. The fourth-order valence-electron chi connectivity index (χ4n) is 1.63. The number of hydrogen-bond donors (Lipinski definition) is 0. The van der Waals surface area contributed by atoms with Crippen molar-refractivity contribution in [1.29, 1.82) is 0 Å². The van der Waals surface area contributed by atoms with Gasteiger partial charge in [-0.3, -0.25) is 0 Å². The van der Waals surface area contributed by atoms with Crippen molar-refractivity contribution in [2.45, 2.75) is 13.8 Å². The quantitative estimate of drug-likeness (QED) is 0.775. The maximum atomic E-state index is 6.09. The normalized spacial score (nSPS) is 10.5. The number of anilines is 1. The maximum absolute atomic E-state index is 6.09. The number of aromatic nitrogens is 2. The summed E-state index contributed by atoms with van der Waals surface area (Å²) in [5.41, 5.74) is 3.98. The van der Waals surface area contributed by atoms with E-state index in [0.29, 0.717) is 11.0 Å². The number of aryl methyl sites for hydroxylation is 1.